The van der Waals surface area contributed by atoms with Crippen molar-refractivity contribution in [3.63, 3.8) is 0 Å². The predicted octanol–water partition coefficient (Wildman–Crippen LogP) is 2.58. The van der Waals surface area contributed by atoms with E-state index in [1.54, 1.807) is 0 Å². The largest absolute Gasteiger partial charge is 0.368 e. The molecule has 2 aliphatic rings. The van der Waals surface area contributed by atoms with Crippen molar-refractivity contribution in [2.45, 2.75) is 17.7 Å². The molecule has 30 heavy (non-hydrogen) atoms. The third-order valence-electron chi connectivity index (χ3n) is 5.90. The summed E-state index contributed by atoms with van der Waals surface area (Å²) in [6.07, 6.45) is 1.33. The quantitative estimate of drug-likeness (QED) is 0.747. The summed E-state index contributed by atoms with van der Waals surface area (Å²) >= 11 is 0. The number of halogens is 1. The minimum atomic E-state index is -3.73. The Morgan fingerprint density at radius 2 is 1.57 bits per heavy atom. The molecule has 0 N–H and O–H groups in total. The number of rotatable bonds is 4. The number of carbonyl (C=O) groups excluding carboxylic acids is 1. The molecular weight excluding hydrogens is 405 g/mol. The molecule has 1 atom stereocenters. The molecule has 6 nitrogen and oxygen atoms in total. The summed E-state index contributed by atoms with van der Waals surface area (Å²) in [5, 5.41) is 0. The first-order valence-electron chi connectivity index (χ1n) is 10.3. The topological polar surface area (TPSA) is 60.9 Å². The number of hydrogen-bond donors (Lipinski definition) is 0. The van der Waals surface area contributed by atoms with Gasteiger partial charge in [-0.15, -0.1) is 0 Å². The van der Waals surface area contributed by atoms with E-state index >= 15 is 0 Å². The highest BCUT2D eigenvalue weighted by Crippen LogP contribution is 2.26. The van der Waals surface area contributed by atoms with Crippen LogP contribution >= 0.6 is 0 Å². The zero-order valence-electron chi connectivity index (χ0n) is 16.8. The van der Waals surface area contributed by atoms with Gasteiger partial charge in [0.25, 0.3) is 0 Å². The fourth-order valence-electron chi connectivity index (χ4n) is 4.20. The lowest BCUT2D eigenvalue weighted by Crippen LogP contribution is -2.53. The van der Waals surface area contributed by atoms with Crippen molar-refractivity contribution in [2.75, 3.05) is 44.2 Å². The Labute approximate surface area is 176 Å². The summed E-state index contributed by atoms with van der Waals surface area (Å²) in [5.41, 5.74) is 1.15. The molecule has 1 amide bonds. The highest BCUT2D eigenvalue weighted by molar-refractivity contribution is 7.89. The first-order valence-corrected chi connectivity index (χ1v) is 11.7. The van der Waals surface area contributed by atoms with Crippen LogP contribution in [0.1, 0.15) is 12.8 Å². The van der Waals surface area contributed by atoms with Crippen LogP contribution in [0.4, 0.5) is 10.1 Å². The molecule has 4 rings (SSSR count). The molecule has 0 unspecified atom stereocenters. The molecule has 2 saturated heterocycles. The van der Waals surface area contributed by atoms with Gasteiger partial charge in [-0.3, -0.25) is 4.79 Å². The van der Waals surface area contributed by atoms with Crippen molar-refractivity contribution in [1.82, 2.24) is 9.21 Å². The Morgan fingerprint density at radius 3 is 2.23 bits per heavy atom. The lowest BCUT2D eigenvalue weighted by molar-refractivity contribution is -0.137. The molecule has 0 aliphatic carbocycles. The lowest BCUT2D eigenvalue weighted by Gasteiger charge is -2.39. The summed E-state index contributed by atoms with van der Waals surface area (Å²) in [5.74, 6) is -0.783. The van der Waals surface area contributed by atoms with Crippen LogP contribution < -0.4 is 4.90 Å². The monoisotopic (exact) mass is 431 g/mol. The molecule has 2 aliphatic heterocycles. The van der Waals surface area contributed by atoms with Gasteiger partial charge in [-0.1, -0.05) is 18.2 Å². The Morgan fingerprint density at radius 1 is 0.900 bits per heavy atom. The number of piperidine rings is 1. The van der Waals surface area contributed by atoms with Crippen LogP contribution in [0.15, 0.2) is 59.5 Å². The highest BCUT2D eigenvalue weighted by Gasteiger charge is 2.35. The molecule has 2 heterocycles. The minimum absolute atomic E-state index is 0.0294. The molecule has 160 valence electrons. The molecule has 0 saturated carbocycles. The van der Waals surface area contributed by atoms with Gasteiger partial charge in [0.2, 0.25) is 15.9 Å². The van der Waals surface area contributed by atoms with Crippen molar-refractivity contribution in [3.8, 4) is 0 Å². The molecular formula is C22H26FN3O3S. The van der Waals surface area contributed by atoms with Crippen LogP contribution in [0.5, 0.6) is 0 Å². The molecule has 0 radical (unpaired) electrons. The van der Waals surface area contributed by atoms with Crippen LogP contribution in [0.2, 0.25) is 0 Å². The molecule has 0 aromatic heterocycles. The van der Waals surface area contributed by atoms with Gasteiger partial charge >= 0.3 is 0 Å². The van der Waals surface area contributed by atoms with Crippen LogP contribution in [-0.2, 0) is 14.8 Å². The third-order valence-corrected chi connectivity index (χ3v) is 7.78. The molecule has 0 spiro atoms. The van der Waals surface area contributed by atoms with Gasteiger partial charge in [-0.05, 0) is 49.2 Å². The van der Waals surface area contributed by atoms with Crippen LogP contribution in [-0.4, -0.2) is 62.8 Å². The second-order valence-corrected chi connectivity index (χ2v) is 9.74. The fraction of sp³-hybridized carbons (Fsp3) is 0.409. The molecule has 8 heteroatoms. The zero-order valence-corrected chi connectivity index (χ0v) is 17.6. The first kappa shape index (κ1) is 20.8. The van der Waals surface area contributed by atoms with Gasteiger partial charge in [0.1, 0.15) is 5.82 Å². The van der Waals surface area contributed by atoms with Crippen molar-refractivity contribution >= 4 is 21.6 Å². The van der Waals surface area contributed by atoms with Crippen molar-refractivity contribution in [2.24, 2.45) is 5.92 Å². The van der Waals surface area contributed by atoms with E-state index in [4.69, 9.17) is 0 Å². The maximum absolute atomic E-state index is 13.2. The van der Waals surface area contributed by atoms with E-state index in [0.717, 1.165) is 30.9 Å². The number of carbonyl (C=O) groups is 1. The maximum Gasteiger partial charge on any atom is 0.243 e. The number of anilines is 1. The second kappa shape index (κ2) is 8.73. The summed E-state index contributed by atoms with van der Waals surface area (Å²) in [4.78, 5) is 17.3. The minimum Gasteiger partial charge on any atom is -0.368 e. The number of nitrogens with zero attached hydrogens (tertiary/aromatic N) is 3. The predicted molar refractivity (Wildman–Crippen MR) is 113 cm³/mol. The van der Waals surface area contributed by atoms with Gasteiger partial charge in [0.15, 0.2) is 0 Å². The van der Waals surface area contributed by atoms with Gasteiger partial charge < -0.3 is 9.80 Å². The molecule has 2 fully saturated rings. The van der Waals surface area contributed by atoms with Gasteiger partial charge in [-0.25, -0.2) is 12.8 Å². The van der Waals surface area contributed by atoms with E-state index in [-0.39, 0.29) is 23.3 Å². The van der Waals surface area contributed by atoms with Crippen LogP contribution in [0.25, 0.3) is 0 Å². The standard InChI is InChI=1S/C22H26FN3O3S/c23-19-8-10-21(11-9-19)30(28,29)26-12-4-5-18(17-26)22(27)25-15-13-24(14-16-25)20-6-2-1-3-7-20/h1-3,6-11,18H,4-5,12-17H2/t18-/m0/s1. The molecule has 2 aromatic rings. The Kier molecular flexibility index (Phi) is 6.06. The van der Waals surface area contributed by atoms with Crippen molar-refractivity contribution in [3.05, 3.63) is 60.4 Å². The average Bonchev–Trinajstić information content (AvgIpc) is 2.80. The smallest absolute Gasteiger partial charge is 0.243 e. The Hall–Kier alpha value is -2.45. The average molecular weight is 432 g/mol. The Balaban J connectivity index is 1.39. The number of sulfonamides is 1. The van der Waals surface area contributed by atoms with Gasteiger partial charge in [-0.2, -0.15) is 4.31 Å². The number of benzene rings is 2. The second-order valence-electron chi connectivity index (χ2n) is 7.80. The normalized spacial score (nSPS) is 20.9. The highest BCUT2D eigenvalue weighted by atomic mass is 32.2. The van der Waals surface area contributed by atoms with Crippen molar-refractivity contribution in [1.29, 1.82) is 0 Å². The van der Waals surface area contributed by atoms with Gasteiger partial charge in [0, 0.05) is 45.0 Å². The van der Waals surface area contributed by atoms with E-state index in [9.17, 15) is 17.6 Å². The van der Waals surface area contributed by atoms with E-state index in [0.29, 0.717) is 32.5 Å². The molecule has 0 bridgehead atoms. The summed E-state index contributed by atoms with van der Waals surface area (Å²) in [7, 11) is -3.73. The van der Waals surface area contributed by atoms with E-state index < -0.39 is 15.8 Å². The zero-order chi connectivity index (χ0) is 21.1. The Bertz CT molecular complexity index is 974. The summed E-state index contributed by atoms with van der Waals surface area (Å²) < 4.78 is 40.4. The number of amides is 1. The SMILES string of the molecule is O=C([C@H]1CCCN(S(=O)(=O)c2ccc(F)cc2)C1)N1CCN(c2ccccc2)CC1. The molecule has 2 aromatic carbocycles. The number of hydrogen-bond acceptors (Lipinski definition) is 4. The maximum atomic E-state index is 13.2. The number of piperazine rings is 1. The van der Waals surface area contributed by atoms with Gasteiger partial charge in [0.05, 0.1) is 10.8 Å². The van der Waals surface area contributed by atoms with E-state index in [1.165, 1.54) is 16.4 Å². The van der Waals surface area contributed by atoms with E-state index in [2.05, 4.69) is 17.0 Å². The van der Waals surface area contributed by atoms with Crippen LogP contribution in [0.3, 0.4) is 0 Å². The lowest BCUT2D eigenvalue weighted by atomic mass is 9.97. The fourth-order valence-corrected chi connectivity index (χ4v) is 5.72. The third kappa shape index (κ3) is 4.34. The summed E-state index contributed by atoms with van der Waals surface area (Å²) in [6.45, 7) is 3.35. The number of para-hydroxylation sites is 1. The van der Waals surface area contributed by atoms with E-state index in [1.807, 2.05) is 23.1 Å². The van der Waals surface area contributed by atoms with Crippen molar-refractivity contribution < 1.29 is 17.6 Å². The summed E-state index contributed by atoms with van der Waals surface area (Å²) in [6, 6.07) is 15.0. The van der Waals surface area contributed by atoms with Crippen LogP contribution in [0, 0.1) is 11.7 Å². The first-order chi connectivity index (χ1) is 14.4.